The zero-order valence-electron chi connectivity index (χ0n) is 13.3. The molecule has 0 bridgehead atoms. The van der Waals surface area contributed by atoms with Gasteiger partial charge in [-0.3, -0.25) is 10.1 Å². The van der Waals surface area contributed by atoms with Crippen LogP contribution >= 0.6 is 11.6 Å². The molecule has 1 aromatic heterocycles. The molecular weight excluding hydrogens is 334 g/mol. The maximum absolute atomic E-state index is 11.4. The van der Waals surface area contributed by atoms with Gasteiger partial charge in [-0.15, -0.1) is 0 Å². The average molecular weight is 352 g/mol. The van der Waals surface area contributed by atoms with E-state index in [1.165, 1.54) is 6.33 Å². The number of nitro groups is 1. The lowest BCUT2D eigenvalue weighted by molar-refractivity contribution is -0.383. The predicted molar refractivity (Wildman–Crippen MR) is 92.4 cm³/mol. The SMILES string of the molecule is COCC(C)Nc1ncnc(NCc2ccccc2Cl)c1[N+](=O)[O-]. The summed E-state index contributed by atoms with van der Waals surface area (Å²) in [5, 5.41) is 17.9. The summed E-state index contributed by atoms with van der Waals surface area (Å²) in [6, 6.07) is 7.11. The first kappa shape index (κ1) is 17.9. The molecule has 1 heterocycles. The predicted octanol–water partition coefficient (Wildman–Crippen LogP) is 3.10. The number of rotatable bonds is 8. The number of hydrogen-bond donors (Lipinski definition) is 2. The zero-order valence-corrected chi connectivity index (χ0v) is 14.1. The molecule has 0 amide bonds. The molecule has 0 aliphatic rings. The molecule has 1 atom stereocenters. The highest BCUT2D eigenvalue weighted by molar-refractivity contribution is 6.31. The molecule has 0 radical (unpaired) electrons. The summed E-state index contributed by atoms with van der Waals surface area (Å²) < 4.78 is 5.02. The van der Waals surface area contributed by atoms with Gasteiger partial charge in [0, 0.05) is 24.7 Å². The minimum Gasteiger partial charge on any atom is -0.383 e. The van der Waals surface area contributed by atoms with Gasteiger partial charge in [0.2, 0.25) is 11.6 Å². The van der Waals surface area contributed by atoms with E-state index < -0.39 is 4.92 Å². The van der Waals surface area contributed by atoms with E-state index in [1.54, 1.807) is 13.2 Å². The van der Waals surface area contributed by atoms with Crippen LogP contribution in [0.4, 0.5) is 17.3 Å². The number of ether oxygens (including phenoxy) is 1. The van der Waals surface area contributed by atoms with Crippen LogP contribution in [0.15, 0.2) is 30.6 Å². The Bertz CT molecular complexity index is 713. The van der Waals surface area contributed by atoms with Crippen molar-refractivity contribution < 1.29 is 9.66 Å². The zero-order chi connectivity index (χ0) is 17.5. The molecule has 2 rings (SSSR count). The summed E-state index contributed by atoms with van der Waals surface area (Å²) in [4.78, 5) is 18.9. The van der Waals surface area contributed by atoms with Gasteiger partial charge in [-0.1, -0.05) is 29.8 Å². The van der Waals surface area contributed by atoms with Crippen LogP contribution < -0.4 is 10.6 Å². The summed E-state index contributed by atoms with van der Waals surface area (Å²) in [7, 11) is 1.56. The molecule has 1 unspecified atom stereocenters. The number of aromatic nitrogens is 2. The Kier molecular flexibility index (Phi) is 6.28. The Labute approximate surface area is 144 Å². The first-order valence-electron chi connectivity index (χ1n) is 7.25. The number of hydrogen-bond acceptors (Lipinski definition) is 7. The quantitative estimate of drug-likeness (QED) is 0.556. The fourth-order valence-corrected chi connectivity index (χ4v) is 2.34. The fourth-order valence-electron chi connectivity index (χ4n) is 2.13. The first-order chi connectivity index (χ1) is 11.5. The van der Waals surface area contributed by atoms with Gasteiger partial charge in [0.05, 0.1) is 11.5 Å². The van der Waals surface area contributed by atoms with E-state index in [9.17, 15) is 10.1 Å². The second-order valence-electron chi connectivity index (χ2n) is 5.12. The minimum atomic E-state index is -0.517. The summed E-state index contributed by atoms with van der Waals surface area (Å²) in [6.45, 7) is 2.54. The molecule has 2 N–H and O–H groups in total. The monoisotopic (exact) mass is 351 g/mol. The normalized spacial score (nSPS) is 11.8. The molecule has 0 fully saturated rings. The van der Waals surface area contributed by atoms with E-state index in [2.05, 4.69) is 20.6 Å². The van der Waals surface area contributed by atoms with Crippen molar-refractivity contribution in [1.29, 1.82) is 0 Å². The lowest BCUT2D eigenvalue weighted by atomic mass is 10.2. The smallest absolute Gasteiger partial charge is 0.353 e. The minimum absolute atomic E-state index is 0.127. The molecule has 8 nitrogen and oxygen atoms in total. The van der Waals surface area contributed by atoms with Crippen LogP contribution in [-0.2, 0) is 11.3 Å². The highest BCUT2D eigenvalue weighted by Crippen LogP contribution is 2.30. The van der Waals surface area contributed by atoms with Crippen molar-refractivity contribution in [1.82, 2.24) is 9.97 Å². The maximum atomic E-state index is 11.4. The third-order valence-corrected chi connectivity index (χ3v) is 3.58. The maximum Gasteiger partial charge on any atom is 0.353 e. The van der Waals surface area contributed by atoms with Crippen molar-refractivity contribution in [3.05, 3.63) is 51.3 Å². The van der Waals surface area contributed by atoms with Crippen LogP contribution in [0.5, 0.6) is 0 Å². The molecule has 1 aromatic carbocycles. The van der Waals surface area contributed by atoms with Gasteiger partial charge < -0.3 is 15.4 Å². The Hall–Kier alpha value is -2.45. The number of nitrogens with zero attached hydrogens (tertiary/aromatic N) is 3. The van der Waals surface area contributed by atoms with Crippen molar-refractivity contribution >= 4 is 28.9 Å². The first-order valence-corrected chi connectivity index (χ1v) is 7.62. The highest BCUT2D eigenvalue weighted by atomic mass is 35.5. The molecule has 128 valence electrons. The van der Waals surface area contributed by atoms with E-state index in [4.69, 9.17) is 16.3 Å². The van der Waals surface area contributed by atoms with E-state index >= 15 is 0 Å². The number of methoxy groups -OCH3 is 1. The third-order valence-electron chi connectivity index (χ3n) is 3.21. The average Bonchev–Trinajstić information content (AvgIpc) is 2.54. The molecule has 0 spiro atoms. The Balaban J connectivity index is 2.23. The summed E-state index contributed by atoms with van der Waals surface area (Å²) >= 11 is 6.09. The van der Waals surface area contributed by atoms with Crippen LogP contribution in [0.2, 0.25) is 5.02 Å². The summed E-state index contributed by atoms with van der Waals surface area (Å²) in [5.74, 6) is 0.267. The number of halogens is 1. The molecule has 0 saturated carbocycles. The van der Waals surface area contributed by atoms with E-state index in [-0.39, 0.29) is 23.4 Å². The van der Waals surface area contributed by atoms with Gasteiger partial charge in [-0.2, -0.15) is 0 Å². The van der Waals surface area contributed by atoms with Crippen LogP contribution in [0.25, 0.3) is 0 Å². The lowest BCUT2D eigenvalue weighted by Gasteiger charge is -2.14. The van der Waals surface area contributed by atoms with E-state index in [1.807, 2.05) is 25.1 Å². The Morgan fingerprint density at radius 1 is 1.33 bits per heavy atom. The van der Waals surface area contributed by atoms with Gasteiger partial charge in [0.1, 0.15) is 6.33 Å². The number of anilines is 2. The Morgan fingerprint density at radius 2 is 2.04 bits per heavy atom. The van der Waals surface area contributed by atoms with Gasteiger partial charge in [-0.25, -0.2) is 9.97 Å². The van der Waals surface area contributed by atoms with Gasteiger partial charge in [0.25, 0.3) is 0 Å². The van der Waals surface area contributed by atoms with Gasteiger partial charge in [-0.05, 0) is 18.6 Å². The third kappa shape index (κ3) is 4.53. The lowest BCUT2D eigenvalue weighted by Crippen LogP contribution is -2.22. The van der Waals surface area contributed by atoms with Crippen molar-refractivity contribution in [2.75, 3.05) is 24.4 Å². The second-order valence-corrected chi connectivity index (χ2v) is 5.53. The van der Waals surface area contributed by atoms with Crippen molar-refractivity contribution in [3.8, 4) is 0 Å². The highest BCUT2D eigenvalue weighted by Gasteiger charge is 2.24. The topological polar surface area (TPSA) is 102 Å². The van der Waals surface area contributed by atoms with Crippen LogP contribution in [0, 0.1) is 10.1 Å². The molecular formula is C15H18ClN5O3. The van der Waals surface area contributed by atoms with Crippen LogP contribution in [0.1, 0.15) is 12.5 Å². The standard InChI is InChI=1S/C15H18ClN5O3/c1-10(8-24-2)20-15-13(21(22)23)14(18-9-19-15)17-7-11-5-3-4-6-12(11)16/h3-6,9-10H,7-8H2,1-2H3,(H2,17,18,19,20). The molecule has 9 heteroatoms. The van der Waals surface area contributed by atoms with Crippen molar-refractivity contribution in [3.63, 3.8) is 0 Å². The molecule has 0 aliphatic heterocycles. The summed E-state index contributed by atoms with van der Waals surface area (Å²) in [6.07, 6.45) is 1.27. The van der Waals surface area contributed by atoms with E-state index in [0.717, 1.165) is 5.56 Å². The van der Waals surface area contributed by atoms with E-state index in [0.29, 0.717) is 18.2 Å². The molecule has 2 aromatic rings. The van der Waals surface area contributed by atoms with Gasteiger partial charge >= 0.3 is 5.69 Å². The second kappa shape index (κ2) is 8.42. The fraction of sp³-hybridized carbons (Fsp3) is 0.333. The van der Waals surface area contributed by atoms with Crippen molar-refractivity contribution in [2.24, 2.45) is 0 Å². The van der Waals surface area contributed by atoms with Crippen LogP contribution in [0.3, 0.4) is 0 Å². The molecule has 0 saturated heterocycles. The summed E-state index contributed by atoms with van der Waals surface area (Å²) in [5.41, 5.74) is 0.599. The van der Waals surface area contributed by atoms with Crippen molar-refractivity contribution in [2.45, 2.75) is 19.5 Å². The molecule has 24 heavy (non-hydrogen) atoms. The largest absolute Gasteiger partial charge is 0.383 e. The number of nitrogens with one attached hydrogen (secondary N) is 2. The number of benzene rings is 1. The molecule has 0 aliphatic carbocycles. The van der Waals surface area contributed by atoms with Crippen LogP contribution in [-0.4, -0.2) is 34.6 Å². The Morgan fingerprint density at radius 3 is 2.71 bits per heavy atom. The van der Waals surface area contributed by atoms with Gasteiger partial charge in [0.15, 0.2) is 0 Å².